The summed E-state index contributed by atoms with van der Waals surface area (Å²) in [6.45, 7) is 0.437. The summed E-state index contributed by atoms with van der Waals surface area (Å²) < 4.78 is 24.3. The molecule has 0 atom stereocenters. The van der Waals surface area contributed by atoms with E-state index in [4.69, 9.17) is 9.47 Å². The van der Waals surface area contributed by atoms with Crippen LogP contribution in [0.4, 0.5) is 10.2 Å². The summed E-state index contributed by atoms with van der Waals surface area (Å²) in [5.41, 5.74) is 1.45. The average molecular weight is 363 g/mol. The Bertz CT molecular complexity index is 1130. The summed E-state index contributed by atoms with van der Waals surface area (Å²) in [5.74, 6) is 1.64. The lowest BCUT2D eigenvalue weighted by molar-refractivity contribution is 0.356. The minimum absolute atomic E-state index is 0.265. The number of fused-ring (bicyclic) bond motifs is 3. The van der Waals surface area contributed by atoms with E-state index >= 15 is 0 Å². The molecule has 0 aliphatic rings. The van der Waals surface area contributed by atoms with Gasteiger partial charge in [-0.15, -0.1) is 0 Å². The van der Waals surface area contributed by atoms with Gasteiger partial charge in [0.05, 0.1) is 14.2 Å². The monoisotopic (exact) mass is 363 g/mol. The zero-order chi connectivity index (χ0) is 18.8. The van der Waals surface area contributed by atoms with Crippen LogP contribution in [0.2, 0.25) is 0 Å². The van der Waals surface area contributed by atoms with E-state index in [2.05, 4.69) is 15.3 Å². The molecule has 0 saturated carbocycles. The van der Waals surface area contributed by atoms with E-state index < -0.39 is 0 Å². The quantitative estimate of drug-likeness (QED) is 0.527. The van der Waals surface area contributed by atoms with Crippen molar-refractivity contribution in [3.05, 3.63) is 66.1 Å². The largest absolute Gasteiger partial charge is 0.493 e. The van der Waals surface area contributed by atoms with Crippen LogP contribution in [0.15, 0.2) is 54.7 Å². The van der Waals surface area contributed by atoms with Gasteiger partial charge < -0.3 is 14.8 Å². The van der Waals surface area contributed by atoms with E-state index in [-0.39, 0.29) is 5.82 Å². The molecule has 0 aliphatic carbocycles. The number of nitrogens with one attached hydrogen (secondary N) is 1. The van der Waals surface area contributed by atoms with E-state index in [1.807, 2.05) is 30.3 Å². The topological polar surface area (TPSA) is 56.3 Å². The lowest BCUT2D eigenvalue weighted by atomic mass is 10.1. The highest BCUT2D eigenvalue weighted by atomic mass is 19.1. The summed E-state index contributed by atoms with van der Waals surface area (Å²) in [7, 11) is 3.20. The zero-order valence-electron chi connectivity index (χ0n) is 15.0. The number of methoxy groups -OCH3 is 2. The van der Waals surface area contributed by atoms with Crippen LogP contribution < -0.4 is 14.8 Å². The number of benzene rings is 2. The van der Waals surface area contributed by atoms with Gasteiger partial charge in [0.1, 0.15) is 11.6 Å². The average Bonchev–Trinajstić information content (AvgIpc) is 2.71. The Balaban J connectivity index is 1.86. The fourth-order valence-corrected chi connectivity index (χ4v) is 3.13. The Kier molecular flexibility index (Phi) is 4.46. The maximum atomic E-state index is 13.5. The van der Waals surface area contributed by atoms with Gasteiger partial charge in [0.15, 0.2) is 17.1 Å². The summed E-state index contributed by atoms with van der Waals surface area (Å²) >= 11 is 0. The van der Waals surface area contributed by atoms with Gasteiger partial charge in [-0.1, -0.05) is 12.1 Å². The van der Waals surface area contributed by atoms with Crippen molar-refractivity contribution in [1.82, 2.24) is 9.97 Å². The first kappa shape index (κ1) is 17.0. The SMILES string of the molecule is COc1cc2c(NCc3cccc(F)c3)nc3ncccc3c2cc1OC. The molecule has 0 fully saturated rings. The molecule has 0 amide bonds. The van der Waals surface area contributed by atoms with E-state index in [1.165, 1.54) is 12.1 Å². The third-order valence-electron chi connectivity index (χ3n) is 4.42. The van der Waals surface area contributed by atoms with Gasteiger partial charge in [0.25, 0.3) is 0 Å². The van der Waals surface area contributed by atoms with E-state index in [1.54, 1.807) is 26.5 Å². The van der Waals surface area contributed by atoms with E-state index in [0.29, 0.717) is 29.5 Å². The number of hydrogen-bond donors (Lipinski definition) is 1. The molecule has 27 heavy (non-hydrogen) atoms. The molecule has 4 aromatic rings. The summed E-state index contributed by atoms with van der Waals surface area (Å²) in [6, 6.07) is 14.1. The zero-order valence-corrected chi connectivity index (χ0v) is 15.0. The summed E-state index contributed by atoms with van der Waals surface area (Å²) in [5, 5.41) is 6.05. The fraction of sp³-hybridized carbons (Fsp3) is 0.143. The second-order valence-electron chi connectivity index (χ2n) is 6.07. The van der Waals surface area contributed by atoms with Crippen LogP contribution in [0.25, 0.3) is 21.8 Å². The van der Waals surface area contributed by atoms with Crippen molar-refractivity contribution < 1.29 is 13.9 Å². The van der Waals surface area contributed by atoms with Crippen LogP contribution >= 0.6 is 0 Å². The Labute approximate surface area is 155 Å². The van der Waals surface area contributed by atoms with Crippen LogP contribution in [-0.4, -0.2) is 24.2 Å². The number of ether oxygens (including phenoxy) is 2. The Morgan fingerprint density at radius 1 is 0.926 bits per heavy atom. The highest BCUT2D eigenvalue weighted by Crippen LogP contribution is 2.37. The molecule has 0 spiro atoms. The van der Waals surface area contributed by atoms with Gasteiger partial charge in [-0.2, -0.15) is 0 Å². The predicted molar refractivity (Wildman–Crippen MR) is 104 cm³/mol. The first-order valence-corrected chi connectivity index (χ1v) is 8.48. The number of hydrogen-bond acceptors (Lipinski definition) is 5. The molecular formula is C21H18FN3O2. The third kappa shape index (κ3) is 3.21. The van der Waals surface area contributed by atoms with Crippen molar-refractivity contribution >= 4 is 27.6 Å². The molecule has 0 unspecified atom stereocenters. The second-order valence-corrected chi connectivity index (χ2v) is 6.07. The molecule has 2 heterocycles. The third-order valence-corrected chi connectivity index (χ3v) is 4.42. The first-order valence-electron chi connectivity index (χ1n) is 8.48. The maximum Gasteiger partial charge on any atom is 0.162 e. The minimum atomic E-state index is -0.265. The first-order chi connectivity index (χ1) is 13.2. The lowest BCUT2D eigenvalue weighted by Gasteiger charge is -2.14. The molecule has 6 heteroatoms. The van der Waals surface area contributed by atoms with Crippen LogP contribution in [0, 0.1) is 5.82 Å². The predicted octanol–water partition coefficient (Wildman–Crippen LogP) is 4.55. The Morgan fingerprint density at radius 3 is 2.44 bits per heavy atom. The Hall–Kier alpha value is -3.41. The van der Waals surface area contributed by atoms with Gasteiger partial charge in [-0.25, -0.2) is 14.4 Å². The number of halogens is 1. The van der Waals surface area contributed by atoms with Gasteiger partial charge in [0, 0.05) is 28.9 Å². The Morgan fingerprint density at radius 2 is 1.70 bits per heavy atom. The molecule has 4 rings (SSSR count). The summed E-state index contributed by atoms with van der Waals surface area (Å²) in [4.78, 5) is 9.04. The number of aromatic nitrogens is 2. The van der Waals surface area contributed by atoms with Crippen molar-refractivity contribution in [2.24, 2.45) is 0 Å². The van der Waals surface area contributed by atoms with Crippen LogP contribution in [0.1, 0.15) is 5.56 Å². The van der Waals surface area contributed by atoms with Gasteiger partial charge >= 0.3 is 0 Å². The highest BCUT2D eigenvalue weighted by Gasteiger charge is 2.14. The fourth-order valence-electron chi connectivity index (χ4n) is 3.13. The van der Waals surface area contributed by atoms with Gasteiger partial charge in [0.2, 0.25) is 0 Å². The van der Waals surface area contributed by atoms with Crippen LogP contribution in [0.3, 0.4) is 0 Å². The van der Waals surface area contributed by atoms with Crippen molar-refractivity contribution in [3.8, 4) is 11.5 Å². The minimum Gasteiger partial charge on any atom is -0.493 e. The maximum absolute atomic E-state index is 13.5. The molecule has 0 bridgehead atoms. The van der Waals surface area contributed by atoms with Crippen molar-refractivity contribution in [1.29, 1.82) is 0 Å². The van der Waals surface area contributed by atoms with Crippen molar-refractivity contribution in [3.63, 3.8) is 0 Å². The summed E-state index contributed by atoms with van der Waals surface area (Å²) in [6.07, 6.45) is 1.71. The van der Waals surface area contributed by atoms with E-state index in [9.17, 15) is 4.39 Å². The van der Waals surface area contributed by atoms with Crippen molar-refractivity contribution in [2.75, 3.05) is 19.5 Å². The number of pyridine rings is 2. The number of anilines is 1. The second kappa shape index (κ2) is 7.07. The number of nitrogens with zero attached hydrogens (tertiary/aromatic N) is 2. The molecule has 2 aromatic carbocycles. The van der Waals surface area contributed by atoms with E-state index in [0.717, 1.165) is 21.7 Å². The molecule has 5 nitrogen and oxygen atoms in total. The lowest BCUT2D eigenvalue weighted by Crippen LogP contribution is -2.04. The number of rotatable bonds is 5. The molecule has 136 valence electrons. The molecule has 1 N–H and O–H groups in total. The smallest absolute Gasteiger partial charge is 0.162 e. The highest BCUT2D eigenvalue weighted by molar-refractivity contribution is 6.10. The molecule has 2 aromatic heterocycles. The molecule has 0 aliphatic heterocycles. The van der Waals surface area contributed by atoms with Crippen LogP contribution in [0.5, 0.6) is 11.5 Å². The van der Waals surface area contributed by atoms with Crippen LogP contribution in [-0.2, 0) is 6.54 Å². The molecule has 0 saturated heterocycles. The van der Waals surface area contributed by atoms with Gasteiger partial charge in [-0.3, -0.25) is 0 Å². The van der Waals surface area contributed by atoms with Gasteiger partial charge in [-0.05, 0) is 42.0 Å². The molecule has 0 radical (unpaired) electrons. The van der Waals surface area contributed by atoms with Crippen molar-refractivity contribution in [2.45, 2.75) is 6.54 Å². The normalized spacial score (nSPS) is 10.9. The molecular weight excluding hydrogens is 345 g/mol. The standard InChI is InChI=1S/C21H18FN3O2/c1-26-18-10-16-15-7-4-8-23-20(15)25-21(17(16)11-19(18)27-2)24-12-13-5-3-6-14(22)9-13/h3-11H,12H2,1-2H3,(H,23,24,25).